The van der Waals surface area contributed by atoms with Crippen LogP contribution in [0.5, 0.6) is 0 Å². The normalized spacial score (nSPS) is 17.9. The number of hydrogen-bond acceptors (Lipinski definition) is 3. The van der Waals surface area contributed by atoms with Gasteiger partial charge in [0.15, 0.2) is 0 Å². The van der Waals surface area contributed by atoms with Gasteiger partial charge in [0.1, 0.15) is 0 Å². The lowest BCUT2D eigenvalue weighted by Gasteiger charge is -2.35. The highest BCUT2D eigenvalue weighted by atomic mass is 32.2. The van der Waals surface area contributed by atoms with E-state index >= 15 is 0 Å². The highest BCUT2D eigenvalue weighted by Crippen LogP contribution is 2.22. The summed E-state index contributed by atoms with van der Waals surface area (Å²) < 4.78 is 26.4. The summed E-state index contributed by atoms with van der Waals surface area (Å²) in [4.78, 5) is 13.4. The minimum atomic E-state index is -3.40. The predicted molar refractivity (Wildman–Crippen MR) is 76.7 cm³/mol. The Morgan fingerprint density at radius 1 is 1.20 bits per heavy atom. The fourth-order valence-electron chi connectivity index (χ4n) is 2.47. The molecule has 1 saturated heterocycles. The number of rotatable bonds is 3. The molecule has 0 bridgehead atoms. The van der Waals surface area contributed by atoms with E-state index in [9.17, 15) is 13.2 Å². The van der Waals surface area contributed by atoms with Crippen molar-refractivity contribution in [2.75, 3.05) is 20.1 Å². The van der Waals surface area contributed by atoms with Gasteiger partial charge in [-0.2, -0.15) is 4.31 Å². The van der Waals surface area contributed by atoms with Crippen molar-refractivity contribution in [1.82, 2.24) is 9.21 Å². The van der Waals surface area contributed by atoms with Crippen LogP contribution in [0.1, 0.15) is 19.8 Å². The van der Waals surface area contributed by atoms with Crippen LogP contribution in [-0.2, 0) is 14.8 Å². The summed E-state index contributed by atoms with van der Waals surface area (Å²) in [5, 5.41) is 0. The summed E-state index contributed by atoms with van der Waals surface area (Å²) in [5.41, 5.74) is 0. The van der Waals surface area contributed by atoms with Crippen LogP contribution in [0.3, 0.4) is 0 Å². The fraction of sp³-hybridized carbons (Fsp3) is 0.500. The molecule has 1 amide bonds. The maximum Gasteiger partial charge on any atom is 0.243 e. The Labute approximate surface area is 120 Å². The molecule has 0 atom stereocenters. The zero-order valence-electron chi connectivity index (χ0n) is 11.8. The number of carbonyl (C=O) groups is 1. The van der Waals surface area contributed by atoms with Gasteiger partial charge in [0, 0.05) is 33.1 Å². The second kappa shape index (κ2) is 5.93. The molecule has 1 aliphatic rings. The zero-order chi connectivity index (χ0) is 14.8. The van der Waals surface area contributed by atoms with Crippen molar-refractivity contribution in [3.63, 3.8) is 0 Å². The molecule has 1 aromatic carbocycles. The van der Waals surface area contributed by atoms with E-state index in [0.717, 1.165) is 0 Å². The average Bonchev–Trinajstić information content (AvgIpc) is 2.47. The number of amides is 1. The minimum absolute atomic E-state index is 0.0226. The molecule has 1 heterocycles. The van der Waals surface area contributed by atoms with Crippen molar-refractivity contribution in [3.05, 3.63) is 30.3 Å². The van der Waals surface area contributed by atoms with Gasteiger partial charge in [0.25, 0.3) is 0 Å². The molecular weight excluding hydrogens is 276 g/mol. The van der Waals surface area contributed by atoms with E-state index in [1.54, 1.807) is 42.3 Å². The van der Waals surface area contributed by atoms with E-state index in [2.05, 4.69) is 0 Å². The summed E-state index contributed by atoms with van der Waals surface area (Å²) in [5.74, 6) is 0.0226. The van der Waals surface area contributed by atoms with Gasteiger partial charge < -0.3 is 4.90 Å². The van der Waals surface area contributed by atoms with Crippen molar-refractivity contribution in [2.45, 2.75) is 30.7 Å². The first-order valence-corrected chi connectivity index (χ1v) is 8.15. The maximum absolute atomic E-state index is 12.4. The average molecular weight is 296 g/mol. The van der Waals surface area contributed by atoms with Crippen LogP contribution < -0.4 is 0 Å². The zero-order valence-corrected chi connectivity index (χ0v) is 12.6. The first-order chi connectivity index (χ1) is 9.43. The molecule has 20 heavy (non-hydrogen) atoms. The molecule has 2 rings (SSSR count). The summed E-state index contributed by atoms with van der Waals surface area (Å²) in [7, 11) is -1.63. The molecular formula is C14H20N2O3S. The quantitative estimate of drug-likeness (QED) is 0.845. The van der Waals surface area contributed by atoms with Crippen LogP contribution in [0.25, 0.3) is 0 Å². The molecule has 0 radical (unpaired) electrons. The van der Waals surface area contributed by atoms with Crippen molar-refractivity contribution >= 4 is 15.9 Å². The highest BCUT2D eigenvalue weighted by molar-refractivity contribution is 7.89. The van der Waals surface area contributed by atoms with Crippen LogP contribution in [-0.4, -0.2) is 49.7 Å². The first-order valence-electron chi connectivity index (χ1n) is 6.71. The molecule has 0 saturated carbocycles. The van der Waals surface area contributed by atoms with Gasteiger partial charge in [0.05, 0.1) is 4.90 Å². The van der Waals surface area contributed by atoms with Gasteiger partial charge in [-0.05, 0) is 25.0 Å². The smallest absolute Gasteiger partial charge is 0.243 e. The number of benzene rings is 1. The molecule has 0 spiro atoms. The Morgan fingerprint density at radius 2 is 1.75 bits per heavy atom. The first kappa shape index (κ1) is 15.0. The van der Waals surface area contributed by atoms with Crippen LogP contribution in [0.4, 0.5) is 0 Å². The Morgan fingerprint density at radius 3 is 2.25 bits per heavy atom. The van der Waals surface area contributed by atoms with Crippen molar-refractivity contribution < 1.29 is 13.2 Å². The third-order valence-corrected chi connectivity index (χ3v) is 5.76. The Balaban J connectivity index is 2.06. The molecule has 1 aliphatic heterocycles. The van der Waals surface area contributed by atoms with Crippen molar-refractivity contribution in [1.29, 1.82) is 0 Å². The third kappa shape index (κ3) is 3.02. The van der Waals surface area contributed by atoms with E-state index in [0.29, 0.717) is 30.8 Å². The molecule has 0 aliphatic carbocycles. The fourth-order valence-corrected chi connectivity index (χ4v) is 3.96. The van der Waals surface area contributed by atoms with Crippen LogP contribution in [0.15, 0.2) is 35.2 Å². The number of sulfonamides is 1. The summed E-state index contributed by atoms with van der Waals surface area (Å²) in [6.45, 7) is 2.45. The number of hydrogen-bond donors (Lipinski definition) is 0. The maximum atomic E-state index is 12.4. The lowest BCUT2D eigenvalue weighted by molar-refractivity contribution is -0.130. The Kier molecular flexibility index (Phi) is 4.45. The second-order valence-electron chi connectivity index (χ2n) is 5.08. The summed E-state index contributed by atoms with van der Waals surface area (Å²) in [6, 6.07) is 8.61. The van der Waals surface area contributed by atoms with Gasteiger partial charge in [-0.3, -0.25) is 4.79 Å². The van der Waals surface area contributed by atoms with Crippen molar-refractivity contribution in [2.24, 2.45) is 0 Å². The summed E-state index contributed by atoms with van der Waals surface area (Å²) >= 11 is 0. The predicted octanol–water partition coefficient (Wildman–Crippen LogP) is 1.32. The molecule has 5 nitrogen and oxygen atoms in total. The lowest BCUT2D eigenvalue weighted by atomic mass is 10.1. The van der Waals surface area contributed by atoms with Gasteiger partial charge >= 0.3 is 0 Å². The molecule has 0 aromatic heterocycles. The molecule has 0 N–H and O–H groups in total. The molecule has 110 valence electrons. The van der Waals surface area contributed by atoms with E-state index in [1.165, 1.54) is 11.2 Å². The highest BCUT2D eigenvalue weighted by Gasteiger charge is 2.31. The molecule has 1 aromatic rings. The third-order valence-electron chi connectivity index (χ3n) is 3.85. The second-order valence-corrected chi connectivity index (χ2v) is 7.02. The van der Waals surface area contributed by atoms with Gasteiger partial charge in [0.2, 0.25) is 15.9 Å². The van der Waals surface area contributed by atoms with Gasteiger partial charge in [-0.15, -0.1) is 0 Å². The number of piperidine rings is 1. The monoisotopic (exact) mass is 296 g/mol. The summed E-state index contributed by atoms with van der Waals surface area (Å²) in [6.07, 6.45) is 1.37. The Hall–Kier alpha value is -1.40. The lowest BCUT2D eigenvalue weighted by Crippen LogP contribution is -2.46. The largest absolute Gasteiger partial charge is 0.343 e. The number of carbonyl (C=O) groups excluding carboxylic acids is 1. The minimum Gasteiger partial charge on any atom is -0.343 e. The van der Waals surface area contributed by atoms with Crippen LogP contribution in [0.2, 0.25) is 0 Å². The molecule has 1 fully saturated rings. The van der Waals surface area contributed by atoms with E-state index < -0.39 is 10.0 Å². The molecule has 0 unspecified atom stereocenters. The van der Waals surface area contributed by atoms with Crippen molar-refractivity contribution in [3.8, 4) is 0 Å². The SMILES string of the molecule is CC(=O)N(C)C1CCN(S(=O)(=O)c2ccccc2)CC1. The van der Waals surface area contributed by atoms with E-state index in [4.69, 9.17) is 0 Å². The standard InChI is InChI=1S/C14H20N2O3S/c1-12(17)15(2)13-8-10-16(11-9-13)20(18,19)14-6-4-3-5-7-14/h3-7,13H,8-11H2,1-2H3. The van der Waals surface area contributed by atoms with E-state index in [1.807, 2.05) is 0 Å². The van der Waals surface area contributed by atoms with Crippen LogP contribution in [0, 0.1) is 0 Å². The van der Waals surface area contributed by atoms with Gasteiger partial charge in [-0.25, -0.2) is 8.42 Å². The molecule has 6 heteroatoms. The van der Waals surface area contributed by atoms with Crippen LogP contribution >= 0.6 is 0 Å². The number of nitrogens with zero attached hydrogens (tertiary/aromatic N) is 2. The Bertz CT molecular complexity index is 563. The topological polar surface area (TPSA) is 57.7 Å². The van der Waals surface area contributed by atoms with E-state index in [-0.39, 0.29) is 11.9 Å². The van der Waals surface area contributed by atoms with Gasteiger partial charge in [-0.1, -0.05) is 18.2 Å².